The van der Waals surface area contributed by atoms with Gasteiger partial charge in [0, 0.05) is 42.2 Å². The lowest BCUT2D eigenvalue weighted by Crippen LogP contribution is -2.35. The first-order chi connectivity index (χ1) is 8.04. The Balaban J connectivity index is 4.78. The molecule has 1 N–H and O–H groups in total. The minimum Gasteiger partial charge on any atom is -0.351 e. The number of hydrogen-bond donors (Lipinski definition) is 1. The van der Waals surface area contributed by atoms with Crippen LogP contribution >= 0.6 is 55.2 Å². The van der Waals surface area contributed by atoms with E-state index in [1.54, 1.807) is 0 Å². The molecule has 3 nitrogen and oxygen atoms in total. The Morgan fingerprint density at radius 2 is 1.29 bits per heavy atom. The molecule has 0 amide bonds. The number of alkyl halides is 3. The molecule has 0 aliphatic heterocycles. The summed E-state index contributed by atoms with van der Waals surface area (Å²) in [4.78, 5) is 10.7. The van der Waals surface area contributed by atoms with Gasteiger partial charge in [0.25, 0.3) is 0 Å². The molecular formula is C10H22Br3N2OP. The summed E-state index contributed by atoms with van der Waals surface area (Å²) in [5, 5.41) is 2.57. The minimum absolute atomic E-state index is 0.821. The van der Waals surface area contributed by atoms with Crippen LogP contribution < -0.4 is 0 Å². The van der Waals surface area contributed by atoms with Gasteiger partial charge in [0.15, 0.2) is 0 Å². The largest absolute Gasteiger partial charge is 0.351 e. The van der Waals surface area contributed by atoms with Crippen LogP contribution in [0.2, 0.25) is 0 Å². The zero-order valence-electron chi connectivity index (χ0n) is 10.3. The lowest BCUT2D eigenvalue weighted by molar-refractivity contribution is 0.346. The molecule has 0 bridgehead atoms. The van der Waals surface area contributed by atoms with Crippen LogP contribution in [0.1, 0.15) is 13.3 Å². The van der Waals surface area contributed by atoms with Crippen LogP contribution in [0, 0.1) is 0 Å². The van der Waals surface area contributed by atoms with Crippen LogP contribution in [0.4, 0.5) is 0 Å². The zero-order chi connectivity index (χ0) is 13.3. The van der Waals surface area contributed by atoms with Gasteiger partial charge in [-0.25, -0.2) is 4.67 Å². The molecule has 0 rings (SSSR count). The van der Waals surface area contributed by atoms with Gasteiger partial charge in [-0.1, -0.05) is 54.7 Å². The topological polar surface area (TPSA) is 26.7 Å². The predicted molar refractivity (Wildman–Crippen MR) is 91.1 cm³/mol. The number of nitrogens with zero attached hydrogens (tertiary/aromatic N) is 2. The van der Waals surface area contributed by atoms with E-state index >= 15 is 0 Å². The van der Waals surface area contributed by atoms with Crippen LogP contribution in [0.3, 0.4) is 0 Å². The average Bonchev–Trinajstić information content (AvgIpc) is 2.28. The zero-order valence-corrected chi connectivity index (χ0v) is 15.9. The third-order valence-electron chi connectivity index (χ3n) is 2.42. The maximum atomic E-state index is 10.7. The first-order valence-electron chi connectivity index (χ1n) is 5.69. The maximum absolute atomic E-state index is 10.7. The Bertz CT molecular complexity index is 212. The fourth-order valence-corrected chi connectivity index (χ4v) is 5.84. The number of halogens is 3. The van der Waals surface area contributed by atoms with E-state index in [1.165, 1.54) is 0 Å². The van der Waals surface area contributed by atoms with E-state index in [1.807, 2.05) is 0 Å². The van der Waals surface area contributed by atoms with Crippen molar-refractivity contribution >= 4 is 61.5 Å². The highest BCUT2D eigenvalue weighted by Crippen LogP contribution is 2.48. The van der Waals surface area contributed by atoms with Gasteiger partial charge in [0.2, 0.25) is 0 Å². The van der Waals surface area contributed by atoms with Crippen molar-refractivity contribution < 1.29 is 4.89 Å². The molecular weight excluding hydrogens is 435 g/mol. The van der Waals surface area contributed by atoms with E-state index in [0.29, 0.717) is 0 Å². The molecule has 0 aromatic carbocycles. The summed E-state index contributed by atoms with van der Waals surface area (Å²) in [6.45, 7) is 5.49. The smallest absolute Gasteiger partial charge is 0.128 e. The van der Waals surface area contributed by atoms with Crippen molar-refractivity contribution in [2.45, 2.75) is 13.3 Å². The third kappa shape index (κ3) is 6.55. The van der Waals surface area contributed by atoms with Crippen molar-refractivity contribution in [3.8, 4) is 0 Å². The molecule has 0 saturated carbocycles. The quantitative estimate of drug-likeness (QED) is 0.403. The molecule has 0 fully saturated rings. The molecule has 0 saturated heterocycles. The molecule has 1 unspecified atom stereocenters. The Kier molecular flexibility index (Phi) is 11.4. The van der Waals surface area contributed by atoms with Crippen molar-refractivity contribution in [1.82, 2.24) is 9.34 Å². The van der Waals surface area contributed by atoms with E-state index in [-0.39, 0.29) is 0 Å². The standard InChI is InChI=1S/C10H22Br3N2OP/c1-3-7-14(8-4-11)17(2,16)15(9-5-12)10-6-13/h16H,2-10H2,1H3. The van der Waals surface area contributed by atoms with E-state index in [2.05, 4.69) is 70.4 Å². The third-order valence-corrected chi connectivity index (χ3v) is 6.09. The van der Waals surface area contributed by atoms with Gasteiger partial charge in [0.05, 0.1) is 0 Å². The lowest BCUT2D eigenvalue weighted by Gasteiger charge is -2.40. The van der Waals surface area contributed by atoms with E-state index in [9.17, 15) is 4.89 Å². The first kappa shape index (κ1) is 18.6. The molecule has 0 heterocycles. The molecule has 0 aliphatic carbocycles. The fraction of sp³-hybridized carbons (Fsp3) is 0.900. The Morgan fingerprint density at radius 1 is 0.941 bits per heavy atom. The summed E-state index contributed by atoms with van der Waals surface area (Å²) < 4.78 is 4.21. The first-order valence-corrected chi connectivity index (χ1v) is 10.9. The van der Waals surface area contributed by atoms with Gasteiger partial charge < -0.3 is 4.89 Å². The van der Waals surface area contributed by atoms with Gasteiger partial charge in [-0.3, -0.25) is 4.67 Å². The molecule has 104 valence electrons. The van der Waals surface area contributed by atoms with Gasteiger partial charge in [-0.15, -0.1) is 0 Å². The second-order valence-electron chi connectivity index (χ2n) is 3.67. The summed E-state index contributed by atoms with van der Waals surface area (Å²) in [7, 11) is -2.40. The van der Waals surface area contributed by atoms with Gasteiger partial charge in [-0.05, 0) is 12.7 Å². The van der Waals surface area contributed by atoms with Crippen molar-refractivity contribution in [3.63, 3.8) is 0 Å². The predicted octanol–water partition coefficient (Wildman–Crippen LogP) is 3.37. The number of rotatable bonds is 10. The second-order valence-corrected chi connectivity index (χ2v) is 8.56. The van der Waals surface area contributed by atoms with Crippen LogP contribution in [0.25, 0.3) is 0 Å². The van der Waals surface area contributed by atoms with Gasteiger partial charge >= 0.3 is 0 Å². The Morgan fingerprint density at radius 3 is 1.59 bits per heavy atom. The molecule has 0 spiro atoms. The average molecular weight is 457 g/mol. The summed E-state index contributed by atoms with van der Waals surface area (Å²) in [6, 6.07) is 0. The summed E-state index contributed by atoms with van der Waals surface area (Å²) in [6.07, 6.45) is 5.13. The van der Waals surface area contributed by atoms with Crippen LogP contribution in [0.5, 0.6) is 0 Å². The van der Waals surface area contributed by atoms with Crippen LogP contribution in [-0.2, 0) is 0 Å². The normalized spacial score (nSPS) is 15.5. The Labute approximate surface area is 130 Å². The summed E-state index contributed by atoms with van der Waals surface area (Å²) >= 11 is 10.3. The minimum atomic E-state index is -2.40. The molecule has 0 radical (unpaired) electrons. The molecule has 0 aromatic rings. The van der Waals surface area contributed by atoms with Crippen LogP contribution in [0.15, 0.2) is 0 Å². The molecule has 0 aliphatic rings. The van der Waals surface area contributed by atoms with Gasteiger partial charge in [-0.2, -0.15) is 0 Å². The van der Waals surface area contributed by atoms with E-state index < -0.39 is 7.41 Å². The highest BCUT2D eigenvalue weighted by molar-refractivity contribution is 9.09. The van der Waals surface area contributed by atoms with Crippen molar-refractivity contribution in [3.05, 3.63) is 0 Å². The van der Waals surface area contributed by atoms with E-state index in [0.717, 1.165) is 48.6 Å². The van der Waals surface area contributed by atoms with Gasteiger partial charge in [0.1, 0.15) is 7.41 Å². The molecule has 0 aromatic heterocycles. The SMILES string of the molecule is C=P(O)(N(CCC)CCBr)N(CCBr)CCBr. The summed E-state index contributed by atoms with van der Waals surface area (Å²) in [5.41, 5.74) is 0. The Hall–Kier alpha value is 1.62. The maximum Gasteiger partial charge on any atom is 0.128 e. The van der Waals surface area contributed by atoms with Crippen molar-refractivity contribution in [1.29, 1.82) is 0 Å². The van der Waals surface area contributed by atoms with Crippen LogP contribution in [-0.4, -0.2) is 62.7 Å². The highest BCUT2D eigenvalue weighted by atomic mass is 79.9. The fourth-order valence-electron chi connectivity index (χ4n) is 1.59. The molecule has 1 atom stereocenters. The second kappa shape index (κ2) is 10.4. The van der Waals surface area contributed by atoms with Crippen molar-refractivity contribution in [2.75, 3.05) is 42.2 Å². The number of hydrogen-bond acceptors (Lipinski definition) is 3. The molecule has 7 heteroatoms. The molecule has 17 heavy (non-hydrogen) atoms. The summed E-state index contributed by atoms with van der Waals surface area (Å²) in [5.74, 6) is 0. The van der Waals surface area contributed by atoms with Crippen molar-refractivity contribution in [2.24, 2.45) is 0 Å². The monoisotopic (exact) mass is 454 g/mol. The van der Waals surface area contributed by atoms with E-state index in [4.69, 9.17) is 0 Å². The lowest BCUT2D eigenvalue weighted by atomic mass is 10.5. The highest BCUT2D eigenvalue weighted by Gasteiger charge is 2.26.